The molecule has 1 atom stereocenters. The number of sulfonamides is 1. The normalized spacial score (nSPS) is 13.0. The van der Waals surface area contributed by atoms with E-state index in [1.807, 2.05) is 44.2 Å². The molecular weight excluding hydrogens is 380 g/mol. The number of nitrogens with zero attached hydrogens (tertiary/aromatic N) is 2. The van der Waals surface area contributed by atoms with E-state index in [-0.39, 0.29) is 29.6 Å². The first-order chi connectivity index (χ1) is 13.2. The van der Waals surface area contributed by atoms with Crippen molar-refractivity contribution in [2.45, 2.75) is 31.3 Å². The van der Waals surface area contributed by atoms with Crippen molar-refractivity contribution in [1.29, 1.82) is 0 Å². The van der Waals surface area contributed by atoms with E-state index < -0.39 is 21.1 Å². The summed E-state index contributed by atoms with van der Waals surface area (Å²) in [7, 11) is -3.89. The van der Waals surface area contributed by atoms with E-state index in [9.17, 15) is 23.6 Å². The van der Waals surface area contributed by atoms with Crippen LogP contribution in [-0.2, 0) is 16.4 Å². The maximum Gasteiger partial charge on any atom is 0.269 e. The van der Waals surface area contributed by atoms with Gasteiger partial charge in [0.2, 0.25) is 10.0 Å². The minimum Gasteiger partial charge on any atom is -0.391 e. The third-order valence-corrected chi connectivity index (χ3v) is 5.96. The highest BCUT2D eigenvalue weighted by Gasteiger charge is 2.27. The summed E-state index contributed by atoms with van der Waals surface area (Å²) < 4.78 is 27.2. The Bertz CT molecular complexity index is 867. The highest BCUT2D eigenvalue weighted by atomic mass is 32.2. The van der Waals surface area contributed by atoms with Crippen molar-refractivity contribution in [3.63, 3.8) is 0 Å². The molecule has 0 bridgehead atoms. The molecule has 151 valence electrons. The Morgan fingerprint density at radius 2 is 1.68 bits per heavy atom. The fourth-order valence-electron chi connectivity index (χ4n) is 2.74. The van der Waals surface area contributed by atoms with Gasteiger partial charge in [0.15, 0.2) is 0 Å². The van der Waals surface area contributed by atoms with Gasteiger partial charge >= 0.3 is 0 Å². The summed E-state index contributed by atoms with van der Waals surface area (Å²) in [5.74, 6) is 0.0501. The van der Waals surface area contributed by atoms with Crippen LogP contribution in [0.3, 0.4) is 0 Å². The molecule has 1 N–H and O–H groups in total. The molecule has 0 aliphatic heterocycles. The highest BCUT2D eigenvalue weighted by molar-refractivity contribution is 7.89. The van der Waals surface area contributed by atoms with Gasteiger partial charge in [-0.2, -0.15) is 4.31 Å². The molecule has 8 heteroatoms. The molecule has 0 amide bonds. The Kier molecular flexibility index (Phi) is 7.68. The SMILES string of the molecule is CC(C)CN(C[C@H](O)[CH]Cc1ccccc1)S(=O)(=O)c1ccc([N+](=O)[O-])cc1. The van der Waals surface area contributed by atoms with E-state index in [4.69, 9.17) is 0 Å². The second-order valence-corrected chi connectivity index (χ2v) is 8.90. The molecule has 0 spiro atoms. The number of aliphatic hydroxyl groups excluding tert-OH is 1. The van der Waals surface area contributed by atoms with Gasteiger partial charge in [0, 0.05) is 25.2 Å². The van der Waals surface area contributed by atoms with Crippen molar-refractivity contribution in [3.05, 3.63) is 76.7 Å². The van der Waals surface area contributed by atoms with Crippen LogP contribution >= 0.6 is 0 Å². The molecule has 0 saturated heterocycles. The lowest BCUT2D eigenvalue weighted by Gasteiger charge is -2.26. The molecule has 0 aromatic heterocycles. The van der Waals surface area contributed by atoms with E-state index in [0.717, 1.165) is 5.56 Å². The summed E-state index contributed by atoms with van der Waals surface area (Å²) in [6, 6.07) is 14.4. The van der Waals surface area contributed by atoms with Crippen LogP contribution in [0.15, 0.2) is 59.5 Å². The Labute approximate surface area is 165 Å². The van der Waals surface area contributed by atoms with Crippen molar-refractivity contribution in [3.8, 4) is 0 Å². The lowest BCUT2D eigenvalue weighted by atomic mass is 10.1. The van der Waals surface area contributed by atoms with Gasteiger partial charge in [-0.3, -0.25) is 10.1 Å². The lowest BCUT2D eigenvalue weighted by molar-refractivity contribution is -0.384. The molecule has 0 aliphatic carbocycles. The molecular formula is C20H25N2O5S. The second kappa shape index (κ2) is 9.77. The van der Waals surface area contributed by atoms with Crippen LogP contribution in [0.2, 0.25) is 0 Å². The first-order valence-corrected chi connectivity index (χ1v) is 10.4. The maximum absolute atomic E-state index is 13.0. The average molecular weight is 405 g/mol. The fraction of sp³-hybridized carbons (Fsp3) is 0.350. The smallest absolute Gasteiger partial charge is 0.269 e. The van der Waals surface area contributed by atoms with Crippen LogP contribution in [0.4, 0.5) is 5.69 Å². The van der Waals surface area contributed by atoms with Crippen molar-refractivity contribution in [1.82, 2.24) is 4.31 Å². The maximum atomic E-state index is 13.0. The predicted octanol–water partition coefficient (Wildman–Crippen LogP) is 3.05. The molecule has 0 aliphatic rings. The lowest BCUT2D eigenvalue weighted by Crippen LogP contribution is -2.40. The Balaban J connectivity index is 2.13. The van der Waals surface area contributed by atoms with Gasteiger partial charge in [-0.25, -0.2) is 8.42 Å². The van der Waals surface area contributed by atoms with E-state index in [1.165, 1.54) is 28.6 Å². The van der Waals surface area contributed by atoms with Gasteiger partial charge in [-0.1, -0.05) is 44.2 Å². The minimum absolute atomic E-state index is 0.0333. The van der Waals surface area contributed by atoms with E-state index in [0.29, 0.717) is 6.42 Å². The van der Waals surface area contributed by atoms with Gasteiger partial charge in [0.05, 0.1) is 15.9 Å². The fourth-order valence-corrected chi connectivity index (χ4v) is 4.36. The Hall–Kier alpha value is -2.29. The quantitative estimate of drug-likeness (QED) is 0.484. The summed E-state index contributed by atoms with van der Waals surface area (Å²) in [5.41, 5.74) is 0.848. The molecule has 0 heterocycles. The zero-order valence-corrected chi connectivity index (χ0v) is 16.7. The topological polar surface area (TPSA) is 101 Å². The molecule has 0 saturated carbocycles. The van der Waals surface area contributed by atoms with Gasteiger partial charge < -0.3 is 5.11 Å². The van der Waals surface area contributed by atoms with Crippen molar-refractivity contribution < 1.29 is 18.4 Å². The number of aliphatic hydroxyl groups is 1. The molecule has 0 unspecified atom stereocenters. The minimum atomic E-state index is -3.89. The van der Waals surface area contributed by atoms with E-state index in [1.54, 1.807) is 6.42 Å². The highest BCUT2D eigenvalue weighted by Crippen LogP contribution is 2.21. The Morgan fingerprint density at radius 3 is 2.21 bits per heavy atom. The third-order valence-electron chi connectivity index (χ3n) is 4.11. The Morgan fingerprint density at radius 1 is 1.07 bits per heavy atom. The zero-order chi connectivity index (χ0) is 20.7. The largest absolute Gasteiger partial charge is 0.391 e. The molecule has 1 radical (unpaired) electrons. The molecule has 2 aromatic rings. The predicted molar refractivity (Wildman–Crippen MR) is 107 cm³/mol. The molecule has 28 heavy (non-hydrogen) atoms. The van der Waals surface area contributed by atoms with Crippen molar-refractivity contribution in [2.75, 3.05) is 13.1 Å². The standard InChI is InChI=1S/C20H25N2O5S/c1-16(2)14-21(15-19(23)11-8-17-6-4-3-5-7-17)28(26,27)20-12-9-18(10-13-20)22(24)25/h3-7,9-13,16,19,23H,8,14-15H2,1-2H3/t19-/m1/s1. The monoisotopic (exact) mass is 405 g/mol. The van der Waals surface area contributed by atoms with Crippen LogP contribution < -0.4 is 0 Å². The van der Waals surface area contributed by atoms with Crippen LogP contribution in [0.25, 0.3) is 0 Å². The van der Waals surface area contributed by atoms with Crippen LogP contribution in [-0.4, -0.2) is 41.9 Å². The van der Waals surface area contributed by atoms with Crippen LogP contribution in [0.5, 0.6) is 0 Å². The number of nitro groups is 1. The number of nitro benzene ring substituents is 1. The summed E-state index contributed by atoms with van der Waals surface area (Å²) in [5, 5.41) is 21.2. The third kappa shape index (κ3) is 6.12. The molecule has 2 aromatic carbocycles. The number of non-ortho nitro benzene ring substituents is 1. The van der Waals surface area contributed by atoms with Crippen molar-refractivity contribution >= 4 is 15.7 Å². The van der Waals surface area contributed by atoms with Gasteiger partial charge in [0.25, 0.3) is 5.69 Å². The first kappa shape index (κ1) is 22.0. The van der Waals surface area contributed by atoms with E-state index >= 15 is 0 Å². The van der Waals surface area contributed by atoms with Gasteiger partial charge in [-0.15, -0.1) is 0 Å². The zero-order valence-electron chi connectivity index (χ0n) is 15.9. The number of hydrogen-bond donors (Lipinski definition) is 1. The average Bonchev–Trinajstić information content (AvgIpc) is 2.66. The van der Waals surface area contributed by atoms with Gasteiger partial charge in [0.1, 0.15) is 0 Å². The number of hydrogen-bond acceptors (Lipinski definition) is 5. The molecule has 7 nitrogen and oxygen atoms in total. The summed E-state index contributed by atoms with van der Waals surface area (Å²) in [6.45, 7) is 3.93. The van der Waals surface area contributed by atoms with Crippen molar-refractivity contribution in [2.24, 2.45) is 5.92 Å². The second-order valence-electron chi connectivity index (χ2n) is 6.96. The summed E-state index contributed by atoms with van der Waals surface area (Å²) in [6.07, 6.45) is 1.26. The first-order valence-electron chi connectivity index (χ1n) is 9.00. The van der Waals surface area contributed by atoms with Crippen LogP contribution in [0, 0.1) is 22.5 Å². The molecule has 0 fully saturated rings. The molecule has 2 rings (SSSR count). The van der Waals surface area contributed by atoms with Gasteiger partial charge in [-0.05, 0) is 36.5 Å². The summed E-state index contributed by atoms with van der Waals surface area (Å²) >= 11 is 0. The number of benzene rings is 2. The summed E-state index contributed by atoms with van der Waals surface area (Å²) in [4.78, 5) is 10.2. The van der Waals surface area contributed by atoms with E-state index in [2.05, 4.69) is 0 Å². The van der Waals surface area contributed by atoms with Crippen LogP contribution in [0.1, 0.15) is 19.4 Å². The number of rotatable bonds is 10.